The number of carbonyl (C=O) groups is 2. The van der Waals surface area contributed by atoms with Gasteiger partial charge in [0.1, 0.15) is 29.1 Å². The maximum Gasteiger partial charge on any atom is 0.300 e. The zero-order chi connectivity index (χ0) is 24.6. The predicted octanol–water partition coefficient (Wildman–Crippen LogP) is 5.87. The van der Waals surface area contributed by atoms with Crippen molar-refractivity contribution >= 4 is 23.1 Å². The number of carbonyl (C=O) groups excluding carboxylic acids is 2. The van der Waals surface area contributed by atoms with Crippen LogP contribution in [0.5, 0.6) is 5.75 Å². The SMILES string of the molecule is Cc1cc(C)cc(N2C(=O)C(=O)/C(=C(\O)c3ccc(OCC(C)C)cc3)C2c2ccc(C)o2)c1. The van der Waals surface area contributed by atoms with E-state index < -0.39 is 17.7 Å². The topological polar surface area (TPSA) is 80.0 Å². The molecule has 1 amide bonds. The van der Waals surface area contributed by atoms with Gasteiger partial charge in [-0.15, -0.1) is 0 Å². The van der Waals surface area contributed by atoms with Crippen LogP contribution in [0.3, 0.4) is 0 Å². The highest BCUT2D eigenvalue weighted by Gasteiger charge is 2.48. The molecule has 2 heterocycles. The Labute approximate surface area is 199 Å². The minimum atomic E-state index is -0.883. The molecule has 0 bridgehead atoms. The van der Waals surface area contributed by atoms with Crippen LogP contribution in [0, 0.1) is 26.7 Å². The van der Waals surface area contributed by atoms with Crippen LogP contribution in [-0.4, -0.2) is 23.4 Å². The molecule has 0 saturated carbocycles. The molecule has 1 saturated heterocycles. The summed E-state index contributed by atoms with van der Waals surface area (Å²) in [6.07, 6.45) is 0. The third-order valence-corrected chi connectivity index (χ3v) is 5.67. The molecule has 1 aliphatic rings. The van der Waals surface area contributed by atoms with Crippen molar-refractivity contribution in [3.05, 3.63) is 88.4 Å². The van der Waals surface area contributed by atoms with Crippen molar-refractivity contribution in [1.82, 2.24) is 0 Å². The van der Waals surface area contributed by atoms with Gasteiger partial charge in [0.25, 0.3) is 11.7 Å². The molecule has 1 atom stereocenters. The van der Waals surface area contributed by atoms with Gasteiger partial charge in [0.2, 0.25) is 0 Å². The number of furan rings is 1. The van der Waals surface area contributed by atoms with E-state index >= 15 is 0 Å². The number of aliphatic hydroxyl groups excluding tert-OH is 1. The normalized spacial score (nSPS) is 17.6. The summed E-state index contributed by atoms with van der Waals surface area (Å²) in [5, 5.41) is 11.2. The van der Waals surface area contributed by atoms with Gasteiger partial charge in [-0.05, 0) is 86.3 Å². The summed E-state index contributed by atoms with van der Waals surface area (Å²) >= 11 is 0. The van der Waals surface area contributed by atoms with Crippen molar-refractivity contribution in [2.75, 3.05) is 11.5 Å². The van der Waals surface area contributed by atoms with Crippen LogP contribution < -0.4 is 9.64 Å². The Kier molecular flexibility index (Phi) is 6.33. The van der Waals surface area contributed by atoms with E-state index in [9.17, 15) is 14.7 Å². The van der Waals surface area contributed by atoms with Gasteiger partial charge in [0, 0.05) is 11.3 Å². The summed E-state index contributed by atoms with van der Waals surface area (Å²) in [6.45, 7) is 10.4. The molecule has 3 aromatic rings. The van der Waals surface area contributed by atoms with E-state index in [2.05, 4.69) is 13.8 Å². The molecule has 1 unspecified atom stereocenters. The van der Waals surface area contributed by atoms with E-state index in [0.717, 1.165) is 11.1 Å². The summed E-state index contributed by atoms with van der Waals surface area (Å²) in [5.41, 5.74) is 2.92. The average Bonchev–Trinajstić information content (AvgIpc) is 3.32. The molecule has 1 aliphatic heterocycles. The smallest absolute Gasteiger partial charge is 0.300 e. The highest BCUT2D eigenvalue weighted by atomic mass is 16.5. The van der Waals surface area contributed by atoms with Crippen LogP contribution in [0.1, 0.15) is 48.1 Å². The first-order chi connectivity index (χ1) is 16.2. The standard InChI is InChI=1S/C28H29NO5/c1-16(2)15-33-22-9-7-20(8-10-22)26(30)24-25(23-11-6-19(5)34-23)29(28(32)27(24)31)21-13-17(3)12-18(4)14-21/h6-14,16,25,30H,15H2,1-5H3/b26-24-. The summed E-state index contributed by atoms with van der Waals surface area (Å²) < 4.78 is 11.6. The second-order valence-corrected chi connectivity index (χ2v) is 9.19. The summed E-state index contributed by atoms with van der Waals surface area (Å²) in [4.78, 5) is 27.9. The van der Waals surface area contributed by atoms with Gasteiger partial charge < -0.3 is 14.3 Å². The van der Waals surface area contributed by atoms with E-state index in [1.54, 1.807) is 43.3 Å². The van der Waals surface area contributed by atoms with Crippen molar-refractivity contribution in [3.63, 3.8) is 0 Å². The lowest BCUT2D eigenvalue weighted by atomic mass is 9.99. The fourth-order valence-corrected chi connectivity index (χ4v) is 4.19. The summed E-state index contributed by atoms with van der Waals surface area (Å²) in [7, 11) is 0. The predicted molar refractivity (Wildman–Crippen MR) is 131 cm³/mol. The number of hydrogen-bond donors (Lipinski definition) is 1. The molecule has 0 aliphatic carbocycles. The molecule has 4 rings (SSSR count). The van der Waals surface area contributed by atoms with Crippen LogP contribution in [0.2, 0.25) is 0 Å². The molecule has 0 spiro atoms. The zero-order valence-electron chi connectivity index (χ0n) is 20.1. The molecular formula is C28H29NO5. The van der Waals surface area contributed by atoms with Crippen molar-refractivity contribution in [2.45, 2.75) is 40.7 Å². The Hall–Kier alpha value is -3.80. The lowest BCUT2D eigenvalue weighted by Gasteiger charge is -2.24. The summed E-state index contributed by atoms with van der Waals surface area (Å²) in [5.74, 6) is 0.394. The number of rotatable bonds is 6. The fraction of sp³-hybridized carbons (Fsp3) is 0.286. The highest BCUT2D eigenvalue weighted by molar-refractivity contribution is 6.51. The molecule has 1 aromatic heterocycles. The Bertz CT molecular complexity index is 1250. The first-order valence-corrected chi connectivity index (χ1v) is 11.3. The largest absolute Gasteiger partial charge is 0.507 e. The molecule has 1 fully saturated rings. The number of benzene rings is 2. The lowest BCUT2D eigenvalue weighted by molar-refractivity contribution is -0.132. The first kappa shape index (κ1) is 23.4. The van der Waals surface area contributed by atoms with E-state index in [4.69, 9.17) is 9.15 Å². The van der Waals surface area contributed by atoms with Gasteiger partial charge in [0.15, 0.2) is 0 Å². The minimum Gasteiger partial charge on any atom is -0.507 e. The lowest BCUT2D eigenvalue weighted by Crippen LogP contribution is -2.29. The minimum absolute atomic E-state index is 0.00522. The third-order valence-electron chi connectivity index (χ3n) is 5.67. The average molecular weight is 460 g/mol. The number of anilines is 1. The third kappa shape index (κ3) is 4.49. The highest BCUT2D eigenvalue weighted by Crippen LogP contribution is 2.43. The molecule has 34 heavy (non-hydrogen) atoms. The molecule has 6 heteroatoms. The Balaban J connectivity index is 1.82. The van der Waals surface area contributed by atoms with E-state index in [1.165, 1.54) is 4.90 Å². The van der Waals surface area contributed by atoms with Gasteiger partial charge in [0.05, 0.1) is 12.2 Å². The maximum absolute atomic E-state index is 13.2. The van der Waals surface area contributed by atoms with Gasteiger partial charge in [-0.2, -0.15) is 0 Å². The number of ketones is 1. The number of nitrogens with zero attached hydrogens (tertiary/aromatic N) is 1. The molecule has 6 nitrogen and oxygen atoms in total. The van der Waals surface area contributed by atoms with Crippen molar-refractivity contribution in [2.24, 2.45) is 5.92 Å². The van der Waals surface area contributed by atoms with Gasteiger partial charge >= 0.3 is 0 Å². The van der Waals surface area contributed by atoms with Crippen molar-refractivity contribution < 1.29 is 23.8 Å². The number of aliphatic hydroxyl groups is 1. The Morgan fingerprint density at radius 1 is 1.00 bits per heavy atom. The van der Waals surface area contributed by atoms with Crippen LogP contribution in [0.15, 0.2) is 64.6 Å². The fourth-order valence-electron chi connectivity index (χ4n) is 4.19. The monoisotopic (exact) mass is 459 g/mol. The molecular weight excluding hydrogens is 430 g/mol. The Morgan fingerprint density at radius 3 is 2.21 bits per heavy atom. The zero-order valence-corrected chi connectivity index (χ0v) is 20.1. The number of ether oxygens (including phenoxy) is 1. The molecule has 1 N–H and O–H groups in total. The second-order valence-electron chi connectivity index (χ2n) is 9.19. The van der Waals surface area contributed by atoms with Crippen LogP contribution in [0.4, 0.5) is 5.69 Å². The molecule has 176 valence electrons. The van der Waals surface area contributed by atoms with E-state index in [-0.39, 0.29) is 11.3 Å². The number of hydrogen-bond acceptors (Lipinski definition) is 5. The number of amides is 1. The van der Waals surface area contributed by atoms with Gasteiger partial charge in [-0.25, -0.2) is 0 Å². The van der Waals surface area contributed by atoms with Crippen LogP contribution in [-0.2, 0) is 9.59 Å². The van der Waals surface area contributed by atoms with Crippen molar-refractivity contribution in [1.29, 1.82) is 0 Å². The first-order valence-electron chi connectivity index (χ1n) is 11.3. The molecule has 2 aromatic carbocycles. The molecule has 0 radical (unpaired) electrons. The van der Waals surface area contributed by atoms with Crippen molar-refractivity contribution in [3.8, 4) is 5.75 Å². The number of aryl methyl sites for hydroxylation is 3. The van der Waals surface area contributed by atoms with Gasteiger partial charge in [-0.3, -0.25) is 14.5 Å². The van der Waals surface area contributed by atoms with Crippen LogP contribution in [0.25, 0.3) is 5.76 Å². The quantitative estimate of drug-likeness (QED) is 0.283. The number of Topliss-reactive ketones (excluding diaryl/α,β-unsaturated/α-hetero) is 1. The van der Waals surface area contributed by atoms with E-state index in [1.807, 2.05) is 32.0 Å². The maximum atomic E-state index is 13.2. The summed E-state index contributed by atoms with van der Waals surface area (Å²) in [6, 6.07) is 15.2. The Morgan fingerprint density at radius 2 is 1.65 bits per heavy atom. The van der Waals surface area contributed by atoms with Gasteiger partial charge in [-0.1, -0.05) is 19.9 Å². The van der Waals surface area contributed by atoms with Crippen LogP contribution >= 0.6 is 0 Å². The van der Waals surface area contributed by atoms with E-state index in [0.29, 0.717) is 41.0 Å². The second kappa shape index (κ2) is 9.21.